The molecule has 108 valence electrons. The number of fused-ring (bicyclic) bond motifs is 3. The van der Waals surface area contributed by atoms with Gasteiger partial charge in [-0.15, -0.1) is 0 Å². The average Bonchev–Trinajstić information content (AvgIpc) is 3.15. The van der Waals surface area contributed by atoms with Crippen LogP contribution in [0, 0.1) is 5.92 Å². The Morgan fingerprint density at radius 3 is 3.10 bits per heavy atom. The van der Waals surface area contributed by atoms with Crippen molar-refractivity contribution >= 4 is 5.91 Å². The second-order valence-electron chi connectivity index (χ2n) is 6.51. The van der Waals surface area contributed by atoms with E-state index in [9.17, 15) is 4.79 Å². The lowest BCUT2D eigenvalue weighted by Crippen LogP contribution is -2.40. The monoisotopic (exact) mass is 274 g/mol. The zero-order valence-electron chi connectivity index (χ0n) is 11.9. The maximum absolute atomic E-state index is 12.5. The Morgan fingerprint density at radius 1 is 1.45 bits per heavy atom. The molecule has 0 spiro atoms. The molecule has 5 nitrogen and oxygen atoms in total. The zero-order valence-corrected chi connectivity index (χ0v) is 11.9. The van der Waals surface area contributed by atoms with Crippen LogP contribution in [0.25, 0.3) is 0 Å². The maximum atomic E-state index is 12.5. The molecule has 4 atom stereocenters. The van der Waals surface area contributed by atoms with Crippen LogP contribution >= 0.6 is 0 Å². The Labute approximate surface area is 119 Å². The number of nitrogens with zero attached hydrogens (tertiary/aromatic N) is 2. The summed E-state index contributed by atoms with van der Waals surface area (Å²) in [5, 5.41) is 11.2. The normalized spacial score (nSPS) is 35.0. The van der Waals surface area contributed by atoms with Gasteiger partial charge in [0.25, 0.3) is 0 Å². The lowest BCUT2D eigenvalue weighted by molar-refractivity contribution is -0.126. The summed E-state index contributed by atoms with van der Waals surface area (Å²) in [7, 11) is 1.99. The molecule has 4 unspecified atom stereocenters. The van der Waals surface area contributed by atoms with Crippen molar-refractivity contribution in [3.63, 3.8) is 0 Å². The molecule has 1 aliphatic carbocycles. The van der Waals surface area contributed by atoms with Gasteiger partial charge < -0.3 is 10.6 Å². The van der Waals surface area contributed by atoms with E-state index in [2.05, 4.69) is 15.7 Å². The van der Waals surface area contributed by atoms with Crippen LogP contribution < -0.4 is 10.6 Å². The number of aromatic nitrogens is 2. The van der Waals surface area contributed by atoms with Crippen molar-refractivity contribution in [2.75, 3.05) is 0 Å². The van der Waals surface area contributed by atoms with E-state index in [1.165, 1.54) is 17.7 Å². The van der Waals surface area contributed by atoms with Gasteiger partial charge in [0.1, 0.15) is 0 Å². The van der Waals surface area contributed by atoms with Crippen LogP contribution in [0.15, 0.2) is 6.20 Å². The molecule has 2 fully saturated rings. The second kappa shape index (κ2) is 4.58. The van der Waals surface area contributed by atoms with E-state index in [0.717, 1.165) is 32.1 Å². The summed E-state index contributed by atoms with van der Waals surface area (Å²) in [6.45, 7) is 0. The predicted octanol–water partition coefficient (Wildman–Crippen LogP) is 1.05. The molecule has 2 saturated heterocycles. The average molecular weight is 274 g/mol. The summed E-state index contributed by atoms with van der Waals surface area (Å²) in [6, 6.07) is 1.16. The third-order valence-electron chi connectivity index (χ3n) is 5.33. The first-order valence-electron chi connectivity index (χ1n) is 7.79. The van der Waals surface area contributed by atoms with Crippen molar-refractivity contribution in [2.24, 2.45) is 13.0 Å². The predicted molar refractivity (Wildman–Crippen MR) is 75.1 cm³/mol. The van der Waals surface area contributed by atoms with Crippen LogP contribution in [-0.2, 0) is 18.3 Å². The Kier molecular flexibility index (Phi) is 2.84. The molecule has 0 radical (unpaired) electrons. The van der Waals surface area contributed by atoms with E-state index in [1.807, 2.05) is 17.9 Å². The summed E-state index contributed by atoms with van der Waals surface area (Å²) in [4.78, 5) is 12.5. The van der Waals surface area contributed by atoms with Gasteiger partial charge in [0.2, 0.25) is 5.91 Å². The molecular formula is C15H22N4O. The van der Waals surface area contributed by atoms with E-state index in [-0.39, 0.29) is 17.9 Å². The smallest absolute Gasteiger partial charge is 0.225 e. The van der Waals surface area contributed by atoms with Gasteiger partial charge in [0, 0.05) is 30.4 Å². The molecule has 5 heteroatoms. The van der Waals surface area contributed by atoms with Crippen molar-refractivity contribution in [3.8, 4) is 0 Å². The minimum absolute atomic E-state index is 0.166. The van der Waals surface area contributed by atoms with Gasteiger partial charge in [-0.3, -0.25) is 9.48 Å². The Balaban J connectivity index is 1.48. The fourth-order valence-electron chi connectivity index (χ4n) is 4.25. The summed E-state index contributed by atoms with van der Waals surface area (Å²) in [6.07, 6.45) is 8.59. The number of carbonyl (C=O) groups excluding carboxylic acids is 1. The van der Waals surface area contributed by atoms with Crippen molar-refractivity contribution in [3.05, 3.63) is 17.5 Å². The minimum atomic E-state index is 0.166. The Morgan fingerprint density at radius 2 is 2.35 bits per heavy atom. The molecule has 20 heavy (non-hydrogen) atoms. The highest BCUT2D eigenvalue weighted by atomic mass is 16.2. The van der Waals surface area contributed by atoms with E-state index in [0.29, 0.717) is 12.1 Å². The lowest BCUT2D eigenvalue weighted by atomic mass is 9.87. The Hall–Kier alpha value is -1.36. The first-order valence-corrected chi connectivity index (χ1v) is 7.79. The van der Waals surface area contributed by atoms with Gasteiger partial charge >= 0.3 is 0 Å². The molecule has 1 aromatic heterocycles. The SMILES string of the molecule is Cn1ncc2c1CCCC2NC(=O)C1CC2CCC1N2. The summed E-state index contributed by atoms with van der Waals surface area (Å²) in [5.41, 5.74) is 2.51. The molecule has 3 aliphatic rings. The standard InChI is InChI=1S/C15H22N4O/c1-19-14-4-2-3-12(11(14)8-16-19)18-15(20)10-7-9-5-6-13(10)17-9/h8-10,12-13,17H,2-7H2,1H3,(H,18,20). The first kappa shape index (κ1) is 12.4. The summed E-state index contributed by atoms with van der Waals surface area (Å²) in [5.74, 6) is 0.419. The first-order chi connectivity index (χ1) is 9.72. The van der Waals surface area contributed by atoms with Crippen LogP contribution in [-0.4, -0.2) is 27.8 Å². The number of nitrogens with one attached hydrogen (secondary N) is 2. The van der Waals surface area contributed by atoms with Crippen molar-refractivity contribution in [1.29, 1.82) is 0 Å². The maximum Gasteiger partial charge on any atom is 0.225 e. The molecule has 2 N–H and O–H groups in total. The fraction of sp³-hybridized carbons (Fsp3) is 0.733. The topological polar surface area (TPSA) is 59.0 Å². The van der Waals surface area contributed by atoms with E-state index in [4.69, 9.17) is 0 Å². The second-order valence-corrected chi connectivity index (χ2v) is 6.51. The van der Waals surface area contributed by atoms with Crippen molar-refractivity contribution < 1.29 is 4.79 Å². The van der Waals surface area contributed by atoms with Gasteiger partial charge in [-0.05, 0) is 38.5 Å². The highest BCUT2D eigenvalue weighted by molar-refractivity contribution is 5.80. The molecular weight excluding hydrogens is 252 g/mol. The van der Waals surface area contributed by atoms with E-state index < -0.39 is 0 Å². The van der Waals surface area contributed by atoms with E-state index in [1.54, 1.807) is 0 Å². The van der Waals surface area contributed by atoms with Crippen LogP contribution in [0.1, 0.15) is 49.4 Å². The molecule has 3 heterocycles. The number of carbonyl (C=O) groups is 1. The van der Waals surface area contributed by atoms with Crippen LogP contribution in [0.3, 0.4) is 0 Å². The zero-order chi connectivity index (χ0) is 13.7. The molecule has 4 rings (SSSR count). The van der Waals surface area contributed by atoms with Crippen LogP contribution in [0.2, 0.25) is 0 Å². The molecule has 0 saturated carbocycles. The highest BCUT2D eigenvalue weighted by Gasteiger charge is 2.43. The fourth-order valence-corrected chi connectivity index (χ4v) is 4.25. The number of amides is 1. The number of aryl methyl sites for hydroxylation is 1. The number of hydrogen-bond acceptors (Lipinski definition) is 3. The van der Waals surface area contributed by atoms with E-state index >= 15 is 0 Å². The number of rotatable bonds is 2. The highest BCUT2D eigenvalue weighted by Crippen LogP contribution is 2.35. The molecule has 1 amide bonds. The van der Waals surface area contributed by atoms with Gasteiger partial charge in [-0.25, -0.2) is 0 Å². The molecule has 1 aromatic rings. The van der Waals surface area contributed by atoms with Gasteiger partial charge in [-0.2, -0.15) is 5.10 Å². The van der Waals surface area contributed by atoms with Gasteiger partial charge in [0.15, 0.2) is 0 Å². The van der Waals surface area contributed by atoms with Gasteiger partial charge in [-0.1, -0.05) is 0 Å². The minimum Gasteiger partial charge on any atom is -0.349 e. The van der Waals surface area contributed by atoms with Crippen molar-refractivity contribution in [2.45, 2.75) is 56.7 Å². The summed E-state index contributed by atoms with van der Waals surface area (Å²) < 4.78 is 1.95. The lowest BCUT2D eigenvalue weighted by Gasteiger charge is -2.27. The Bertz CT molecular complexity index is 538. The molecule has 0 aromatic carbocycles. The molecule has 2 aliphatic heterocycles. The third-order valence-corrected chi connectivity index (χ3v) is 5.33. The summed E-state index contributed by atoms with van der Waals surface area (Å²) >= 11 is 0. The third kappa shape index (κ3) is 1.87. The van der Waals surface area contributed by atoms with Gasteiger partial charge in [0.05, 0.1) is 18.2 Å². The largest absolute Gasteiger partial charge is 0.349 e. The number of hydrogen-bond donors (Lipinski definition) is 2. The van der Waals surface area contributed by atoms with Crippen molar-refractivity contribution in [1.82, 2.24) is 20.4 Å². The van der Waals surface area contributed by atoms with Crippen LogP contribution in [0.4, 0.5) is 0 Å². The molecule has 2 bridgehead atoms. The quantitative estimate of drug-likeness (QED) is 0.847. The van der Waals surface area contributed by atoms with Crippen LogP contribution in [0.5, 0.6) is 0 Å².